The molecule has 0 unspecified atom stereocenters. The summed E-state index contributed by atoms with van der Waals surface area (Å²) in [7, 11) is 0. The highest BCUT2D eigenvalue weighted by Gasteiger charge is 2.19. The molecule has 1 N–H and O–H groups in total. The smallest absolute Gasteiger partial charge is 0.336 e. The number of hydrogen-bond donors (Lipinski definition) is 1. The maximum Gasteiger partial charge on any atom is 0.336 e. The highest BCUT2D eigenvalue weighted by molar-refractivity contribution is 7.17. The largest absolute Gasteiger partial charge is 0.376 e. The van der Waals surface area contributed by atoms with Crippen molar-refractivity contribution in [1.82, 2.24) is 14.5 Å². The highest BCUT2D eigenvalue weighted by atomic mass is 35.5. The molecule has 7 nitrogen and oxygen atoms in total. The Balaban J connectivity index is 1.70. The van der Waals surface area contributed by atoms with Gasteiger partial charge in [0.1, 0.15) is 11.2 Å². The van der Waals surface area contributed by atoms with Crippen LogP contribution < -0.4 is 16.6 Å². The topological polar surface area (TPSA) is 82.3 Å². The molecule has 4 rings (SSSR count). The van der Waals surface area contributed by atoms with Gasteiger partial charge in [-0.25, -0.2) is 9.36 Å². The van der Waals surface area contributed by atoms with Gasteiger partial charge in [0, 0.05) is 18.2 Å². The van der Waals surface area contributed by atoms with Crippen LogP contribution in [0.4, 0.5) is 0 Å². The zero-order valence-corrected chi connectivity index (χ0v) is 16.5. The molecule has 0 spiro atoms. The third kappa shape index (κ3) is 3.63. The number of rotatable bonds is 5. The van der Waals surface area contributed by atoms with Gasteiger partial charge in [0.05, 0.1) is 17.3 Å². The van der Waals surface area contributed by atoms with Gasteiger partial charge in [-0.2, -0.15) is 0 Å². The van der Waals surface area contributed by atoms with Crippen LogP contribution in [0.2, 0.25) is 5.02 Å². The zero-order valence-electron chi connectivity index (χ0n) is 14.9. The van der Waals surface area contributed by atoms with Crippen molar-refractivity contribution in [3.8, 4) is 5.69 Å². The number of nitrogens with one attached hydrogen (secondary N) is 1. The van der Waals surface area contributed by atoms with Crippen LogP contribution in [0.1, 0.15) is 12.8 Å². The number of carbonyl (C=O) groups excluding carboxylic acids is 1. The van der Waals surface area contributed by atoms with Gasteiger partial charge in [0.15, 0.2) is 0 Å². The number of ether oxygens (including phenoxy) is 1. The van der Waals surface area contributed by atoms with Crippen molar-refractivity contribution in [2.24, 2.45) is 0 Å². The fourth-order valence-corrected chi connectivity index (χ4v) is 4.24. The molecule has 1 atom stereocenters. The molecule has 0 radical (unpaired) electrons. The van der Waals surface area contributed by atoms with E-state index in [1.165, 1.54) is 15.9 Å². The van der Waals surface area contributed by atoms with E-state index in [0.29, 0.717) is 34.1 Å². The van der Waals surface area contributed by atoms with Crippen LogP contribution in [0.15, 0.2) is 45.3 Å². The van der Waals surface area contributed by atoms with Gasteiger partial charge in [0.2, 0.25) is 5.91 Å². The van der Waals surface area contributed by atoms with Crippen molar-refractivity contribution < 1.29 is 9.53 Å². The molecule has 1 aliphatic heterocycles. The van der Waals surface area contributed by atoms with E-state index in [2.05, 4.69) is 5.32 Å². The maximum absolute atomic E-state index is 13.1. The third-order valence-corrected chi connectivity index (χ3v) is 5.84. The van der Waals surface area contributed by atoms with Gasteiger partial charge in [-0.1, -0.05) is 11.6 Å². The number of hydrogen-bond acceptors (Lipinski definition) is 5. The molecule has 3 heterocycles. The van der Waals surface area contributed by atoms with Crippen molar-refractivity contribution in [3.05, 3.63) is 61.6 Å². The minimum Gasteiger partial charge on any atom is -0.376 e. The van der Waals surface area contributed by atoms with Crippen LogP contribution in [0.3, 0.4) is 0 Å². The Morgan fingerprint density at radius 3 is 2.75 bits per heavy atom. The van der Waals surface area contributed by atoms with Gasteiger partial charge >= 0.3 is 5.69 Å². The van der Waals surface area contributed by atoms with E-state index in [0.717, 1.165) is 17.4 Å². The first-order valence-electron chi connectivity index (χ1n) is 8.92. The number of carbonyl (C=O) groups is 1. The van der Waals surface area contributed by atoms with Crippen LogP contribution in [0.25, 0.3) is 15.9 Å². The summed E-state index contributed by atoms with van der Waals surface area (Å²) in [5.41, 5.74) is -0.112. The lowest BCUT2D eigenvalue weighted by molar-refractivity contribution is -0.122. The molecule has 1 aromatic carbocycles. The van der Waals surface area contributed by atoms with E-state index in [9.17, 15) is 14.4 Å². The molecule has 1 aliphatic rings. The molecule has 146 valence electrons. The van der Waals surface area contributed by atoms with Crippen LogP contribution in [0.5, 0.6) is 0 Å². The van der Waals surface area contributed by atoms with Crippen molar-refractivity contribution in [1.29, 1.82) is 0 Å². The molecule has 2 aromatic heterocycles. The molecule has 28 heavy (non-hydrogen) atoms. The number of amides is 1. The number of aromatic nitrogens is 2. The van der Waals surface area contributed by atoms with Crippen LogP contribution >= 0.6 is 22.9 Å². The lowest BCUT2D eigenvalue weighted by Crippen LogP contribution is -2.42. The van der Waals surface area contributed by atoms with E-state index in [1.807, 2.05) is 0 Å². The van der Waals surface area contributed by atoms with Crippen LogP contribution in [-0.4, -0.2) is 34.3 Å². The summed E-state index contributed by atoms with van der Waals surface area (Å²) in [6.45, 7) is 0.950. The fourth-order valence-electron chi connectivity index (χ4n) is 3.29. The second-order valence-electron chi connectivity index (χ2n) is 6.56. The average molecular weight is 420 g/mol. The fraction of sp³-hybridized carbons (Fsp3) is 0.316. The second-order valence-corrected chi connectivity index (χ2v) is 7.91. The number of halogens is 1. The Hall–Kier alpha value is -2.42. The van der Waals surface area contributed by atoms with E-state index in [1.54, 1.807) is 35.7 Å². The zero-order chi connectivity index (χ0) is 19.7. The summed E-state index contributed by atoms with van der Waals surface area (Å²) >= 11 is 7.15. The predicted octanol–water partition coefficient (Wildman–Crippen LogP) is 2.16. The summed E-state index contributed by atoms with van der Waals surface area (Å²) in [6, 6.07) is 8.11. The summed E-state index contributed by atoms with van der Waals surface area (Å²) in [5.74, 6) is -0.300. The first-order chi connectivity index (χ1) is 13.5. The minimum atomic E-state index is -0.564. The Labute approximate surface area is 169 Å². The SMILES string of the molecule is O=C(Cn1c(=O)n(-c2ccc(Cl)cc2)c(=O)c2sccc21)NC[C@H]1CCCO1. The number of nitrogens with zero attached hydrogens (tertiary/aromatic N) is 2. The molecule has 9 heteroatoms. The predicted molar refractivity (Wildman–Crippen MR) is 109 cm³/mol. The summed E-state index contributed by atoms with van der Waals surface area (Å²) < 4.78 is 8.32. The molecule has 0 saturated carbocycles. The number of benzene rings is 1. The molecule has 1 saturated heterocycles. The van der Waals surface area contributed by atoms with Crippen molar-refractivity contribution >= 4 is 39.1 Å². The third-order valence-electron chi connectivity index (χ3n) is 4.69. The molecule has 1 fully saturated rings. The average Bonchev–Trinajstić information content (AvgIpc) is 3.37. The highest BCUT2D eigenvalue weighted by Crippen LogP contribution is 2.17. The monoisotopic (exact) mass is 419 g/mol. The Bertz CT molecular complexity index is 1130. The Morgan fingerprint density at radius 1 is 1.25 bits per heavy atom. The van der Waals surface area contributed by atoms with E-state index < -0.39 is 11.2 Å². The van der Waals surface area contributed by atoms with Gasteiger partial charge < -0.3 is 10.1 Å². The lowest BCUT2D eigenvalue weighted by atomic mass is 10.2. The standard InChI is InChI=1S/C19H18ClN3O4S/c20-12-3-5-13(6-4-12)23-18(25)17-15(7-9-28-17)22(19(23)26)11-16(24)21-10-14-2-1-8-27-14/h3-7,9,14H,1-2,8,10-11H2,(H,21,24)/t14-/m1/s1. The van der Waals surface area contributed by atoms with Crippen molar-refractivity contribution in [2.75, 3.05) is 13.2 Å². The molecule has 0 bridgehead atoms. The number of fused-ring (bicyclic) bond motifs is 1. The Kier molecular flexibility index (Phi) is 5.34. The summed E-state index contributed by atoms with van der Waals surface area (Å²) in [6.07, 6.45) is 1.92. The van der Waals surface area contributed by atoms with Gasteiger partial charge in [-0.3, -0.25) is 14.2 Å². The summed E-state index contributed by atoms with van der Waals surface area (Å²) in [4.78, 5) is 38.4. The summed E-state index contributed by atoms with van der Waals surface area (Å²) in [5, 5.41) is 5.05. The van der Waals surface area contributed by atoms with E-state index in [4.69, 9.17) is 16.3 Å². The van der Waals surface area contributed by atoms with E-state index in [-0.39, 0.29) is 18.6 Å². The van der Waals surface area contributed by atoms with E-state index >= 15 is 0 Å². The van der Waals surface area contributed by atoms with Gasteiger partial charge in [-0.15, -0.1) is 11.3 Å². The molecular formula is C19H18ClN3O4S. The first kappa shape index (κ1) is 18.9. The van der Waals surface area contributed by atoms with Crippen molar-refractivity contribution in [2.45, 2.75) is 25.5 Å². The van der Waals surface area contributed by atoms with Crippen LogP contribution in [-0.2, 0) is 16.1 Å². The normalized spacial score (nSPS) is 16.5. The lowest BCUT2D eigenvalue weighted by Gasteiger charge is -2.14. The quantitative estimate of drug-likeness (QED) is 0.687. The first-order valence-corrected chi connectivity index (χ1v) is 10.2. The van der Waals surface area contributed by atoms with Gasteiger partial charge in [0.25, 0.3) is 5.56 Å². The molecule has 0 aliphatic carbocycles. The van der Waals surface area contributed by atoms with Crippen LogP contribution in [0, 0.1) is 0 Å². The maximum atomic E-state index is 13.1. The van der Waals surface area contributed by atoms with Gasteiger partial charge in [-0.05, 0) is 48.6 Å². The molecule has 3 aromatic rings. The number of thiophene rings is 1. The second kappa shape index (κ2) is 7.90. The Morgan fingerprint density at radius 2 is 2.04 bits per heavy atom. The van der Waals surface area contributed by atoms with Crippen molar-refractivity contribution in [3.63, 3.8) is 0 Å². The minimum absolute atomic E-state index is 0.0184. The molecular weight excluding hydrogens is 402 g/mol. The molecule has 1 amide bonds.